The SMILES string of the molecule is O=P(O)(O)[C@@H](O)C[C@H](O)CO. The van der Waals surface area contributed by atoms with E-state index in [1.165, 1.54) is 0 Å². The van der Waals surface area contributed by atoms with E-state index in [2.05, 4.69) is 0 Å². The Morgan fingerprint density at radius 1 is 1.27 bits per heavy atom. The van der Waals surface area contributed by atoms with Gasteiger partial charge in [-0.05, 0) is 0 Å². The van der Waals surface area contributed by atoms with Crippen LogP contribution in [0.4, 0.5) is 0 Å². The second kappa shape index (κ2) is 4.15. The predicted molar refractivity (Wildman–Crippen MR) is 35.8 cm³/mol. The van der Waals surface area contributed by atoms with Crippen molar-refractivity contribution in [2.75, 3.05) is 6.61 Å². The fraction of sp³-hybridized carbons (Fsp3) is 1.00. The average Bonchev–Trinajstić information content (AvgIpc) is 1.85. The normalized spacial score (nSPS) is 17.9. The molecule has 6 nitrogen and oxygen atoms in total. The minimum absolute atomic E-state index is 0.527. The molecule has 0 amide bonds. The van der Waals surface area contributed by atoms with Crippen molar-refractivity contribution in [3.8, 4) is 0 Å². The number of aliphatic hydroxyl groups is 3. The highest BCUT2D eigenvalue weighted by atomic mass is 31.2. The fourth-order valence-electron chi connectivity index (χ4n) is 0.455. The summed E-state index contributed by atoms with van der Waals surface area (Å²) in [6, 6.07) is 0. The van der Waals surface area contributed by atoms with Crippen molar-refractivity contribution in [1.29, 1.82) is 0 Å². The number of hydrogen-bond acceptors (Lipinski definition) is 4. The van der Waals surface area contributed by atoms with Crippen LogP contribution in [0.15, 0.2) is 0 Å². The quantitative estimate of drug-likeness (QED) is 0.331. The van der Waals surface area contributed by atoms with Gasteiger partial charge in [0.15, 0.2) is 5.85 Å². The summed E-state index contributed by atoms with van der Waals surface area (Å²) in [5.41, 5.74) is 0. The van der Waals surface area contributed by atoms with Crippen LogP contribution in [-0.4, -0.2) is 43.7 Å². The van der Waals surface area contributed by atoms with E-state index < -0.39 is 32.6 Å². The Morgan fingerprint density at radius 3 is 2.00 bits per heavy atom. The lowest BCUT2D eigenvalue weighted by Crippen LogP contribution is -2.20. The van der Waals surface area contributed by atoms with Gasteiger partial charge in [0, 0.05) is 6.42 Å². The molecule has 0 aliphatic heterocycles. The van der Waals surface area contributed by atoms with Crippen LogP contribution >= 0.6 is 7.60 Å². The monoisotopic (exact) mass is 186 g/mol. The van der Waals surface area contributed by atoms with Crippen LogP contribution in [0, 0.1) is 0 Å². The molecule has 0 spiro atoms. The molecule has 0 heterocycles. The van der Waals surface area contributed by atoms with Crippen LogP contribution in [-0.2, 0) is 4.57 Å². The molecule has 5 N–H and O–H groups in total. The molecule has 0 fully saturated rings. The van der Waals surface area contributed by atoms with Gasteiger partial charge in [0.05, 0.1) is 12.7 Å². The van der Waals surface area contributed by atoms with E-state index >= 15 is 0 Å². The van der Waals surface area contributed by atoms with Crippen molar-refractivity contribution in [2.45, 2.75) is 18.4 Å². The first-order chi connectivity index (χ1) is 4.88. The van der Waals surface area contributed by atoms with Crippen LogP contribution in [0.5, 0.6) is 0 Å². The number of rotatable bonds is 4. The molecular formula is C4H11O6P. The molecule has 0 bridgehead atoms. The minimum atomic E-state index is -4.54. The third kappa shape index (κ3) is 4.47. The molecule has 0 aromatic carbocycles. The second-order valence-corrected chi connectivity index (χ2v) is 3.92. The summed E-state index contributed by atoms with van der Waals surface area (Å²) in [4.78, 5) is 16.6. The van der Waals surface area contributed by atoms with Crippen LogP contribution < -0.4 is 0 Å². The first-order valence-electron chi connectivity index (χ1n) is 2.90. The maximum atomic E-state index is 10.2. The van der Waals surface area contributed by atoms with E-state index in [0.717, 1.165) is 0 Å². The molecule has 11 heavy (non-hydrogen) atoms. The predicted octanol–water partition coefficient (Wildman–Crippen LogP) is -1.77. The van der Waals surface area contributed by atoms with Crippen molar-refractivity contribution in [3.05, 3.63) is 0 Å². The highest BCUT2D eigenvalue weighted by Gasteiger charge is 2.28. The Hall–Kier alpha value is 0.0300. The van der Waals surface area contributed by atoms with E-state index in [4.69, 9.17) is 25.1 Å². The summed E-state index contributed by atoms with van der Waals surface area (Å²) in [6.45, 7) is -0.628. The molecular weight excluding hydrogens is 175 g/mol. The fourth-order valence-corrected chi connectivity index (χ4v) is 0.973. The van der Waals surface area contributed by atoms with Crippen molar-refractivity contribution in [1.82, 2.24) is 0 Å². The molecule has 0 aliphatic carbocycles. The summed E-state index contributed by atoms with van der Waals surface area (Å²) >= 11 is 0. The van der Waals surface area contributed by atoms with Gasteiger partial charge in [-0.1, -0.05) is 0 Å². The van der Waals surface area contributed by atoms with Gasteiger partial charge in [0.1, 0.15) is 0 Å². The van der Waals surface area contributed by atoms with Gasteiger partial charge in [-0.3, -0.25) is 4.57 Å². The Kier molecular flexibility index (Phi) is 4.17. The first kappa shape index (κ1) is 11.0. The molecule has 0 aromatic rings. The van der Waals surface area contributed by atoms with Gasteiger partial charge >= 0.3 is 7.60 Å². The zero-order valence-corrected chi connectivity index (χ0v) is 6.55. The molecule has 0 radical (unpaired) electrons. The van der Waals surface area contributed by atoms with Gasteiger partial charge in [0.25, 0.3) is 0 Å². The topological polar surface area (TPSA) is 118 Å². The Balaban J connectivity index is 3.88. The van der Waals surface area contributed by atoms with Crippen molar-refractivity contribution >= 4 is 7.60 Å². The van der Waals surface area contributed by atoms with Crippen LogP contribution in [0.1, 0.15) is 6.42 Å². The maximum Gasteiger partial charge on any atom is 0.353 e. The summed E-state index contributed by atoms with van der Waals surface area (Å²) in [5.74, 6) is -1.90. The highest BCUT2D eigenvalue weighted by molar-refractivity contribution is 7.52. The van der Waals surface area contributed by atoms with E-state index in [9.17, 15) is 4.57 Å². The van der Waals surface area contributed by atoms with E-state index in [0.29, 0.717) is 0 Å². The van der Waals surface area contributed by atoms with E-state index in [1.54, 1.807) is 0 Å². The largest absolute Gasteiger partial charge is 0.394 e. The molecule has 0 saturated carbocycles. The lowest BCUT2D eigenvalue weighted by Gasteiger charge is -2.14. The summed E-state index contributed by atoms with van der Waals surface area (Å²) in [6.07, 6.45) is -1.82. The lowest BCUT2D eigenvalue weighted by molar-refractivity contribution is 0.0565. The van der Waals surface area contributed by atoms with Gasteiger partial charge in [0.2, 0.25) is 0 Å². The molecule has 0 unspecified atom stereocenters. The van der Waals surface area contributed by atoms with E-state index in [1.807, 2.05) is 0 Å². The minimum Gasteiger partial charge on any atom is -0.394 e. The third-order valence-electron chi connectivity index (χ3n) is 1.08. The zero-order chi connectivity index (χ0) is 9.07. The molecule has 7 heteroatoms. The van der Waals surface area contributed by atoms with Crippen molar-refractivity contribution in [2.24, 2.45) is 0 Å². The van der Waals surface area contributed by atoms with Crippen LogP contribution in [0.3, 0.4) is 0 Å². The Morgan fingerprint density at radius 2 is 1.73 bits per heavy atom. The molecule has 0 aromatic heterocycles. The summed E-state index contributed by atoms with van der Waals surface area (Å²) in [5, 5.41) is 25.5. The molecule has 0 rings (SSSR count). The standard InChI is InChI=1S/C4H11O6P/c5-2-3(6)1-4(7)11(8,9)10/h3-7H,1-2H2,(H2,8,9,10)/t3-,4+/m0/s1. The lowest BCUT2D eigenvalue weighted by atomic mass is 10.3. The molecule has 0 saturated heterocycles. The summed E-state index contributed by atoms with van der Waals surface area (Å²) < 4.78 is 10.2. The van der Waals surface area contributed by atoms with Gasteiger partial charge in [-0.15, -0.1) is 0 Å². The number of hydrogen-bond donors (Lipinski definition) is 5. The Bertz CT molecular complexity index is 153. The van der Waals surface area contributed by atoms with E-state index in [-0.39, 0.29) is 0 Å². The van der Waals surface area contributed by atoms with Crippen LogP contribution in [0.2, 0.25) is 0 Å². The Labute approximate surface area is 63.3 Å². The number of aliphatic hydroxyl groups excluding tert-OH is 3. The van der Waals surface area contributed by atoms with Crippen LogP contribution in [0.25, 0.3) is 0 Å². The maximum absolute atomic E-state index is 10.2. The smallest absolute Gasteiger partial charge is 0.353 e. The second-order valence-electron chi connectivity index (χ2n) is 2.14. The van der Waals surface area contributed by atoms with Gasteiger partial charge in [-0.25, -0.2) is 0 Å². The van der Waals surface area contributed by atoms with Crippen molar-refractivity contribution in [3.63, 3.8) is 0 Å². The highest BCUT2D eigenvalue weighted by Crippen LogP contribution is 2.41. The molecule has 68 valence electrons. The van der Waals surface area contributed by atoms with Gasteiger partial charge < -0.3 is 25.1 Å². The molecule has 2 atom stereocenters. The van der Waals surface area contributed by atoms with Gasteiger partial charge in [-0.2, -0.15) is 0 Å². The first-order valence-corrected chi connectivity index (χ1v) is 4.58. The van der Waals surface area contributed by atoms with Crippen molar-refractivity contribution < 1.29 is 29.7 Å². The molecule has 0 aliphatic rings. The summed E-state index contributed by atoms with van der Waals surface area (Å²) in [7, 11) is -4.54. The third-order valence-corrected chi connectivity index (χ3v) is 2.07. The average molecular weight is 186 g/mol. The zero-order valence-electron chi connectivity index (χ0n) is 5.66.